The van der Waals surface area contributed by atoms with E-state index in [1.54, 1.807) is 11.8 Å². The molecule has 24 heavy (non-hydrogen) atoms. The summed E-state index contributed by atoms with van der Waals surface area (Å²) < 4.78 is 11.0. The molecule has 1 N–H and O–H groups in total. The highest BCUT2D eigenvalue weighted by Crippen LogP contribution is 2.31. The summed E-state index contributed by atoms with van der Waals surface area (Å²) in [5, 5.41) is 2.78. The first-order chi connectivity index (χ1) is 11.4. The van der Waals surface area contributed by atoms with Crippen molar-refractivity contribution in [3.8, 4) is 0 Å². The zero-order chi connectivity index (χ0) is 17.3. The molecule has 2 amide bonds. The van der Waals surface area contributed by atoms with Crippen LogP contribution >= 0.6 is 0 Å². The van der Waals surface area contributed by atoms with Crippen molar-refractivity contribution >= 4 is 17.8 Å². The summed E-state index contributed by atoms with van der Waals surface area (Å²) in [6, 6.07) is 0.0997. The second-order valence-corrected chi connectivity index (χ2v) is 7.21. The summed E-state index contributed by atoms with van der Waals surface area (Å²) in [5.41, 5.74) is -0.980. The maximum absolute atomic E-state index is 12.7. The van der Waals surface area contributed by atoms with Gasteiger partial charge < -0.3 is 19.7 Å². The second-order valence-electron chi connectivity index (χ2n) is 7.21. The first-order valence-electron chi connectivity index (χ1n) is 8.83. The largest absolute Gasteiger partial charge is 0.451 e. The van der Waals surface area contributed by atoms with Gasteiger partial charge in [0.15, 0.2) is 6.10 Å². The number of nitrogens with one attached hydrogen (secondary N) is 1. The molecule has 134 valence electrons. The lowest BCUT2D eigenvalue weighted by molar-refractivity contribution is -0.168. The molecule has 0 spiro atoms. The molecule has 3 aliphatic rings. The summed E-state index contributed by atoms with van der Waals surface area (Å²) in [6.45, 7) is 4.14. The molecular weight excluding hydrogens is 312 g/mol. The normalized spacial score (nSPS) is 29.2. The monoisotopic (exact) mass is 338 g/mol. The van der Waals surface area contributed by atoms with Crippen molar-refractivity contribution in [1.82, 2.24) is 10.2 Å². The number of morpholine rings is 1. The van der Waals surface area contributed by atoms with Crippen LogP contribution in [0.2, 0.25) is 0 Å². The quantitative estimate of drug-likeness (QED) is 0.765. The molecule has 3 atom stereocenters. The molecule has 1 aliphatic carbocycles. The van der Waals surface area contributed by atoms with E-state index in [-0.39, 0.29) is 24.0 Å². The number of likely N-dealkylation sites (tertiary alicyclic amines) is 1. The highest BCUT2D eigenvalue weighted by molar-refractivity contribution is 5.90. The molecule has 7 heteroatoms. The average Bonchev–Trinajstić information content (AvgIpc) is 3.17. The molecule has 1 unspecified atom stereocenters. The third-order valence-corrected chi connectivity index (χ3v) is 5.33. The van der Waals surface area contributed by atoms with E-state index in [9.17, 15) is 14.4 Å². The van der Waals surface area contributed by atoms with Gasteiger partial charge in [0.25, 0.3) is 5.91 Å². The van der Waals surface area contributed by atoms with Gasteiger partial charge in [0, 0.05) is 13.5 Å². The Bertz CT molecular complexity index is 529. The summed E-state index contributed by atoms with van der Waals surface area (Å²) in [4.78, 5) is 38.6. The van der Waals surface area contributed by atoms with E-state index < -0.39 is 17.6 Å². The van der Waals surface area contributed by atoms with Crippen LogP contribution in [0.15, 0.2) is 0 Å². The van der Waals surface area contributed by atoms with Crippen LogP contribution in [-0.2, 0) is 23.9 Å². The van der Waals surface area contributed by atoms with Crippen LogP contribution in [0.3, 0.4) is 0 Å². The smallest absolute Gasteiger partial charge is 0.332 e. The van der Waals surface area contributed by atoms with Crippen LogP contribution in [0.4, 0.5) is 0 Å². The van der Waals surface area contributed by atoms with Gasteiger partial charge in [0.2, 0.25) is 5.91 Å². The Kier molecular flexibility index (Phi) is 4.80. The molecule has 3 fully saturated rings. The number of carbonyl (C=O) groups excluding carboxylic acids is 3. The Morgan fingerprint density at radius 2 is 1.96 bits per heavy atom. The number of esters is 1. The summed E-state index contributed by atoms with van der Waals surface area (Å²) in [6.07, 6.45) is 4.04. The number of carbonyl (C=O) groups is 3. The van der Waals surface area contributed by atoms with Crippen LogP contribution in [0.5, 0.6) is 0 Å². The van der Waals surface area contributed by atoms with Crippen LogP contribution in [0, 0.1) is 0 Å². The minimum atomic E-state index is -0.980. The van der Waals surface area contributed by atoms with Gasteiger partial charge in [-0.25, -0.2) is 4.79 Å². The minimum absolute atomic E-state index is 0.0997. The van der Waals surface area contributed by atoms with Crippen LogP contribution in [0.1, 0.15) is 52.4 Å². The fourth-order valence-corrected chi connectivity index (χ4v) is 4.10. The molecule has 2 bridgehead atoms. The first-order valence-corrected chi connectivity index (χ1v) is 8.83. The minimum Gasteiger partial charge on any atom is -0.451 e. The number of nitrogens with zero attached hydrogens (tertiary/aromatic N) is 1. The number of rotatable bonds is 4. The van der Waals surface area contributed by atoms with E-state index in [2.05, 4.69) is 5.32 Å². The number of ether oxygens (including phenoxy) is 2. The number of hydrogen-bond donors (Lipinski definition) is 1. The summed E-state index contributed by atoms with van der Waals surface area (Å²) in [5.74, 6) is -0.909. The predicted molar refractivity (Wildman–Crippen MR) is 85.0 cm³/mol. The highest BCUT2D eigenvalue weighted by Gasteiger charge is 2.46. The van der Waals surface area contributed by atoms with Gasteiger partial charge in [-0.05, 0) is 26.2 Å². The molecule has 0 aromatic carbocycles. The van der Waals surface area contributed by atoms with Gasteiger partial charge in [-0.1, -0.05) is 19.3 Å². The zero-order valence-electron chi connectivity index (χ0n) is 14.4. The third-order valence-electron chi connectivity index (χ3n) is 5.33. The highest BCUT2D eigenvalue weighted by atomic mass is 16.6. The van der Waals surface area contributed by atoms with E-state index in [0.717, 1.165) is 25.7 Å². The van der Waals surface area contributed by atoms with Crippen molar-refractivity contribution in [2.75, 3.05) is 13.2 Å². The molecule has 2 heterocycles. The molecule has 1 saturated carbocycles. The van der Waals surface area contributed by atoms with Gasteiger partial charge in [0.1, 0.15) is 5.54 Å². The van der Waals surface area contributed by atoms with E-state index in [1.165, 1.54) is 6.92 Å². The van der Waals surface area contributed by atoms with E-state index in [1.807, 2.05) is 0 Å². The molecule has 0 aromatic rings. The Morgan fingerprint density at radius 1 is 1.25 bits per heavy atom. The maximum atomic E-state index is 12.7. The first kappa shape index (κ1) is 17.2. The van der Waals surface area contributed by atoms with Crippen LogP contribution in [0.25, 0.3) is 0 Å². The molecule has 7 nitrogen and oxygen atoms in total. The van der Waals surface area contributed by atoms with Crippen LogP contribution in [-0.4, -0.2) is 59.6 Å². The lowest BCUT2D eigenvalue weighted by atomic mass is 9.81. The Balaban J connectivity index is 1.63. The van der Waals surface area contributed by atoms with Gasteiger partial charge in [-0.15, -0.1) is 0 Å². The summed E-state index contributed by atoms with van der Waals surface area (Å²) >= 11 is 0. The Hall–Kier alpha value is -1.63. The average molecular weight is 338 g/mol. The number of fused-ring (bicyclic) bond motifs is 2. The van der Waals surface area contributed by atoms with Crippen molar-refractivity contribution < 1.29 is 23.9 Å². The second kappa shape index (κ2) is 6.70. The van der Waals surface area contributed by atoms with Crippen molar-refractivity contribution in [1.29, 1.82) is 0 Å². The number of hydrogen-bond acceptors (Lipinski definition) is 5. The number of amides is 2. The van der Waals surface area contributed by atoms with Crippen molar-refractivity contribution in [3.05, 3.63) is 0 Å². The summed E-state index contributed by atoms with van der Waals surface area (Å²) in [7, 11) is 0. The Labute approximate surface area is 142 Å². The maximum Gasteiger partial charge on any atom is 0.332 e. The third kappa shape index (κ3) is 3.27. The van der Waals surface area contributed by atoms with Gasteiger partial charge in [-0.2, -0.15) is 0 Å². The standard InChI is InChI=1S/C17H26N2O5/c1-11(15(21)19-9-14-8-13(19)10-23-14)24-16(22)17(18-12(2)20)6-4-3-5-7-17/h11,13-14H,3-10H2,1-2H3,(H,18,20)/t11?,13-,14-/m0/s1. The predicted octanol–water partition coefficient (Wildman–Crippen LogP) is 0.757. The van der Waals surface area contributed by atoms with Gasteiger partial charge >= 0.3 is 5.97 Å². The van der Waals surface area contributed by atoms with Crippen molar-refractivity contribution in [3.63, 3.8) is 0 Å². The van der Waals surface area contributed by atoms with Crippen LogP contribution < -0.4 is 5.32 Å². The van der Waals surface area contributed by atoms with E-state index in [0.29, 0.717) is 26.0 Å². The van der Waals surface area contributed by atoms with E-state index in [4.69, 9.17) is 9.47 Å². The van der Waals surface area contributed by atoms with Gasteiger partial charge in [0.05, 0.1) is 18.8 Å². The molecule has 0 radical (unpaired) electrons. The molecule has 0 aromatic heterocycles. The van der Waals surface area contributed by atoms with Crippen molar-refractivity contribution in [2.45, 2.75) is 76.2 Å². The molecule has 2 saturated heterocycles. The lowest BCUT2D eigenvalue weighted by Gasteiger charge is -2.36. The topological polar surface area (TPSA) is 84.9 Å². The fraction of sp³-hybridized carbons (Fsp3) is 0.824. The lowest BCUT2D eigenvalue weighted by Crippen LogP contribution is -2.57. The fourth-order valence-electron chi connectivity index (χ4n) is 4.10. The molecule has 3 rings (SSSR count). The van der Waals surface area contributed by atoms with E-state index >= 15 is 0 Å². The Morgan fingerprint density at radius 3 is 2.50 bits per heavy atom. The van der Waals surface area contributed by atoms with Gasteiger partial charge in [-0.3, -0.25) is 9.59 Å². The molecular formula is C17H26N2O5. The molecule has 2 aliphatic heterocycles. The SMILES string of the molecule is CC(=O)NC1(C(=O)OC(C)C(=O)N2C[C@@H]3C[C@H]2CO3)CCCCC1. The van der Waals surface area contributed by atoms with Crippen molar-refractivity contribution in [2.24, 2.45) is 0 Å². The zero-order valence-corrected chi connectivity index (χ0v) is 14.4.